The number of hydrogen-bond donors (Lipinski definition) is 0. The van der Waals surface area contributed by atoms with Gasteiger partial charge in [0.05, 0.1) is 0 Å². The lowest BCUT2D eigenvalue weighted by atomic mass is 10.1. The second kappa shape index (κ2) is 2.89. The molecule has 12 heavy (non-hydrogen) atoms. The third-order valence-corrected chi connectivity index (χ3v) is 1.77. The van der Waals surface area contributed by atoms with E-state index in [9.17, 15) is 0 Å². The summed E-state index contributed by atoms with van der Waals surface area (Å²) < 4.78 is 10.5. The molecule has 1 aromatic rings. The Kier molecular flexibility index (Phi) is 1.74. The van der Waals surface area contributed by atoms with Gasteiger partial charge in [-0.2, -0.15) is 0 Å². The molecule has 1 aliphatic heterocycles. The van der Waals surface area contributed by atoms with E-state index in [0.29, 0.717) is 12.5 Å². The average Bonchev–Trinajstić information content (AvgIpc) is 2.53. The number of rotatable bonds is 2. The van der Waals surface area contributed by atoms with Gasteiger partial charge in [-0.25, -0.2) is 0 Å². The molecule has 0 N–H and O–H groups in total. The second-order valence-corrected chi connectivity index (χ2v) is 2.56. The van der Waals surface area contributed by atoms with E-state index in [-0.39, 0.29) is 0 Å². The van der Waals surface area contributed by atoms with Crippen LogP contribution in [-0.4, -0.2) is 6.79 Å². The molecule has 0 saturated carbocycles. The van der Waals surface area contributed by atoms with E-state index < -0.39 is 0 Å². The van der Waals surface area contributed by atoms with Gasteiger partial charge in [0, 0.05) is 11.6 Å². The van der Waals surface area contributed by atoms with Gasteiger partial charge in [-0.3, -0.25) is 0 Å². The topological polar surface area (TPSA) is 18.5 Å². The standard InChI is InChI=1S/C10H9O2/c1-2-4-8-5-3-6-9-10(8)12-7-11-9/h2-3,5H,1,4,7H2. The fraction of sp³-hybridized carbons (Fsp3) is 0.200. The van der Waals surface area contributed by atoms with Crippen LogP contribution in [0.15, 0.2) is 24.8 Å². The Morgan fingerprint density at radius 1 is 1.58 bits per heavy atom. The summed E-state index contributed by atoms with van der Waals surface area (Å²) in [5.74, 6) is 1.53. The molecule has 0 spiro atoms. The molecule has 2 rings (SSSR count). The molecular weight excluding hydrogens is 152 g/mol. The largest absolute Gasteiger partial charge is 0.453 e. The van der Waals surface area contributed by atoms with Crippen molar-refractivity contribution in [3.05, 3.63) is 36.4 Å². The maximum absolute atomic E-state index is 5.28. The fourth-order valence-electron chi connectivity index (χ4n) is 1.23. The zero-order chi connectivity index (χ0) is 8.39. The molecular formula is C10H9O2. The Morgan fingerprint density at radius 2 is 2.50 bits per heavy atom. The molecule has 0 unspecified atom stereocenters. The van der Waals surface area contributed by atoms with Gasteiger partial charge in [-0.15, -0.1) is 6.58 Å². The van der Waals surface area contributed by atoms with Gasteiger partial charge in [-0.05, 0) is 12.5 Å². The maximum Gasteiger partial charge on any atom is 0.231 e. The Morgan fingerprint density at radius 3 is 3.33 bits per heavy atom. The Hall–Kier alpha value is -1.44. The normalized spacial score (nSPS) is 13.0. The zero-order valence-corrected chi connectivity index (χ0v) is 6.67. The summed E-state index contributed by atoms with van der Waals surface area (Å²) in [5, 5.41) is 0. The van der Waals surface area contributed by atoms with Gasteiger partial charge < -0.3 is 9.47 Å². The van der Waals surface area contributed by atoms with Crippen molar-refractivity contribution in [2.24, 2.45) is 0 Å². The van der Waals surface area contributed by atoms with Crippen molar-refractivity contribution in [1.29, 1.82) is 0 Å². The smallest absolute Gasteiger partial charge is 0.231 e. The van der Waals surface area contributed by atoms with E-state index in [2.05, 4.69) is 12.6 Å². The Balaban J connectivity index is 2.42. The Bertz CT molecular complexity index is 305. The van der Waals surface area contributed by atoms with Crippen LogP contribution in [0.2, 0.25) is 0 Å². The van der Waals surface area contributed by atoms with E-state index in [1.807, 2.05) is 18.2 Å². The number of ether oxygens (including phenoxy) is 2. The lowest BCUT2D eigenvalue weighted by Gasteiger charge is -2.00. The molecule has 2 heteroatoms. The molecule has 1 radical (unpaired) electrons. The quantitative estimate of drug-likeness (QED) is 0.617. The summed E-state index contributed by atoms with van der Waals surface area (Å²) in [6.45, 7) is 3.98. The van der Waals surface area contributed by atoms with Crippen molar-refractivity contribution in [2.45, 2.75) is 6.42 Å². The summed E-state index contributed by atoms with van der Waals surface area (Å²) in [7, 11) is 0. The number of fused-ring (bicyclic) bond motifs is 1. The lowest BCUT2D eigenvalue weighted by Crippen LogP contribution is -1.94. The van der Waals surface area contributed by atoms with Crippen LogP contribution in [0.25, 0.3) is 0 Å². The van der Waals surface area contributed by atoms with Crippen LogP contribution in [-0.2, 0) is 6.42 Å². The van der Waals surface area contributed by atoms with Crippen LogP contribution in [0.3, 0.4) is 0 Å². The van der Waals surface area contributed by atoms with Gasteiger partial charge in [0.15, 0.2) is 11.5 Å². The van der Waals surface area contributed by atoms with Crippen molar-refractivity contribution in [2.75, 3.05) is 6.79 Å². The molecule has 0 amide bonds. The SMILES string of the molecule is C=CCc1cc[c]c2c1OCO2. The van der Waals surface area contributed by atoms with Gasteiger partial charge in [0.25, 0.3) is 0 Å². The van der Waals surface area contributed by atoms with Gasteiger partial charge in [0.2, 0.25) is 6.79 Å². The van der Waals surface area contributed by atoms with Crippen LogP contribution in [0.5, 0.6) is 11.5 Å². The molecule has 0 aromatic heterocycles. The first-order chi connectivity index (χ1) is 5.92. The summed E-state index contributed by atoms with van der Waals surface area (Å²) >= 11 is 0. The Labute approximate surface area is 71.4 Å². The molecule has 0 aliphatic carbocycles. The minimum atomic E-state index is 0.306. The minimum Gasteiger partial charge on any atom is -0.453 e. The van der Waals surface area contributed by atoms with E-state index in [4.69, 9.17) is 9.47 Å². The van der Waals surface area contributed by atoms with Crippen molar-refractivity contribution in [1.82, 2.24) is 0 Å². The van der Waals surface area contributed by atoms with Crippen molar-refractivity contribution >= 4 is 0 Å². The molecule has 0 bridgehead atoms. The third kappa shape index (κ3) is 1.05. The molecule has 61 valence electrons. The predicted octanol–water partition coefficient (Wildman–Crippen LogP) is 1.94. The monoisotopic (exact) mass is 161 g/mol. The van der Waals surface area contributed by atoms with E-state index in [1.54, 1.807) is 0 Å². The highest BCUT2D eigenvalue weighted by molar-refractivity contribution is 5.47. The van der Waals surface area contributed by atoms with E-state index in [1.165, 1.54) is 0 Å². The fourth-order valence-corrected chi connectivity index (χ4v) is 1.23. The first-order valence-electron chi connectivity index (χ1n) is 3.82. The third-order valence-electron chi connectivity index (χ3n) is 1.77. The molecule has 1 heterocycles. The molecule has 0 atom stereocenters. The highest BCUT2D eigenvalue weighted by atomic mass is 16.7. The van der Waals surface area contributed by atoms with Crippen LogP contribution in [0, 0.1) is 6.07 Å². The van der Waals surface area contributed by atoms with Gasteiger partial charge in [0.1, 0.15) is 0 Å². The van der Waals surface area contributed by atoms with Crippen LogP contribution in [0.1, 0.15) is 5.56 Å². The number of allylic oxidation sites excluding steroid dienone is 1. The first kappa shape index (κ1) is 7.22. The predicted molar refractivity (Wildman–Crippen MR) is 45.3 cm³/mol. The second-order valence-electron chi connectivity index (χ2n) is 2.56. The molecule has 1 aliphatic rings. The summed E-state index contributed by atoms with van der Waals surface area (Å²) in [4.78, 5) is 0. The van der Waals surface area contributed by atoms with Crippen molar-refractivity contribution in [3.8, 4) is 11.5 Å². The van der Waals surface area contributed by atoms with Crippen molar-refractivity contribution < 1.29 is 9.47 Å². The summed E-state index contributed by atoms with van der Waals surface area (Å²) in [6, 6.07) is 6.77. The van der Waals surface area contributed by atoms with E-state index in [0.717, 1.165) is 17.7 Å². The molecule has 0 saturated heterocycles. The zero-order valence-electron chi connectivity index (χ0n) is 6.67. The van der Waals surface area contributed by atoms with Crippen LogP contribution < -0.4 is 9.47 Å². The first-order valence-corrected chi connectivity index (χ1v) is 3.82. The summed E-state index contributed by atoms with van der Waals surface area (Å²) in [6.07, 6.45) is 2.65. The molecule has 1 aromatic carbocycles. The van der Waals surface area contributed by atoms with Crippen LogP contribution >= 0.6 is 0 Å². The van der Waals surface area contributed by atoms with Gasteiger partial charge >= 0.3 is 0 Å². The highest BCUT2D eigenvalue weighted by Crippen LogP contribution is 2.34. The minimum absolute atomic E-state index is 0.306. The highest BCUT2D eigenvalue weighted by Gasteiger charge is 2.15. The van der Waals surface area contributed by atoms with Crippen LogP contribution in [0.4, 0.5) is 0 Å². The molecule has 0 fully saturated rings. The number of hydrogen-bond acceptors (Lipinski definition) is 2. The maximum atomic E-state index is 5.28. The van der Waals surface area contributed by atoms with Crippen molar-refractivity contribution in [3.63, 3.8) is 0 Å². The van der Waals surface area contributed by atoms with Gasteiger partial charge in [-0.1, -0.05) is 12.1 Å². The molecule has 2 nitrogen and oxygen atoms in total. The lowest BCUT2D eigenvalue weighted by molar-refractivity contribution is 0.173. The average molecular weight is 161 g/mol. The summed E-state index contributed by atoms with van der Waals surface area (Å²) in [5.41, 5.74) is 1.11. The number of benzene rings is 1. The van der Waals surface area contributed by atoms with E-state index >= 15 is 0 Å².